The number of hydrogen-bond donors (Lipinski definition) is 0. The van der Waals surface area contributed by atoms with Gasteiger partial charge in [0.15, 0.2) is 9.89 Å². The number of rotatable bonds is 8. The molecule has 9 heteroatoms. The minimum atomic E-state index is -0.673. The number of furan rings is 1. The highest BCUT2D eigenvalue weighted by Gasteiger charge is 2.35. The zero-order chi connectivity index (χ0) is 27.5. The normalized spacial score (nSPS) is 15.2. The van der Waals surface area contributed by atoms with Crippen molar-refractivity contribution in [3.8, 4) is 5.75 Å². The molecule has 0 spiro atoms. The first-order chi connectivity index (χ1) is 18.9. The van der Waals surface area contributed by atoms with E-state index in [0.29, 0.717) is 45.2 Å². The van der Waals surface area contributed by atoms with Gasteiger partial charge in [-0.05, 0) is 51.1 Å². The summed E-state index contributed by atoms with van der Waals surface area (Å²) in [6.45, 7) is 6.82. The summed E-state index contributed by atoms with van der Waals surface area (Å²) in [4.78, 5) is 35.8. The lowest BCUT2D eigenvalue weighted by molar-refractivity contribution is -0.127. The molecule has 1 atom stereocenters. The van der Waals surface area contributed by atoms with Gasteiger partial charge in [-0.3, -0.25) is 14.2 Å². The lowest BCUT2D eigenvalue weighted by atomic mass is 9.94. The Hall–Kier alpha value is -3.82. The van der Waals surface area contributed by atoms with Crippen LogP contribution in [0.2, 0.25) is 0 Å². The van der Waals surface area contributed by atoms with Crippen molar-refractivity contribution in [2.24, 2.45) is 4.99 Å². The highest BCUT2D eigenvalue weighted by molar-refractivity contribution is 7.99. The average molecular weight is 560 g/mol. The molecule has 2 aromatic carbocycles. The highest BCUT2D eigenvalue weighted by Crippen LogP contribution is 2.36. The summed E-state index contributed by atoms with van der Waals surface area (Å²) >= 11 is 2.80. The van der Waals surface area contributed by atoms with Crippen LogP contribution in [0.5, 0.6) is 5.75 Å². The fourth-order valence-corrected chi connectivity index (χ4v) is 6.49. The molecule has 2 aromatic heterocycles. The van der Waals surface area contributed by atoms with Crippen molar-refractivity contribution in [1.29, 1.82) is 0 Å². The fraction of sp³-hybridized carbons (Fsp3) is 0.233. The number of benzene rings is 2. The quantitative estimate of drug-likeness (QED) is 0.308. The van der Waals surface area contributed by atoms with Crippen molar-refractivity contribution in [3.05, 3.63) is 109 Å². The van der Waals surface area contributed by atoms with Gasteiger partial charge in [-0.25, -0.2) is 4.99 Å². The maximum absolute atomic E-state index is 13.9. The molecule has 0 radical (unpaired) electrons. The van der Waals surface area contributed by atoms with Crippen LogP contribution >= 0.6 is 23.1 Å². The number of ether oxygens (including phenoxy) is 1. The summed E-state index contributed by atoms with van der Waals surface area (Å²) in [6.07, 6.45) is 1.74. The van der Waals surface area contributed by atoms with Gasteiger partial charge in [0.1, 0.15) is 17.6 Å². The van der Waals surface area contributed by atoms with E-state index < -0.39 is 6.04 Å². The monoisotopic (exact) mass is 559 g/mol. The van der Waals surface area contributed by atoms with Crippen LogP contribution in [-0.2, 0) is 4.79 Å². The van der Waals surface area contributed by atoms with E-state index >= 15 is 0 Å². The average Bonchev–Trinajstić information content (AvgIpc) is 3.52. The lowest BCUT2D eigenvalue weighted by Gasteiger charge is -2.29. The predicted octanol–water partition coefficient (Wildman–Crippen LogP) is 4.86. The van der Waals surface area contributed by atoms with Crippen LogP contribution < -0.4 is 19.6 Å². The smallest absolute Gasteiger partial charge is 0.271 e. The Balaban J connectivity index is 1.63. The Labute approximate surface area is 234 Å². The molecule has 4 aromatic rings. The number of para-hydroxylation sites is 1. The number of methoxy groups -OCH3 is 1. The molecule has 0 unspecified atom stereocenters. The first-order valence-electron chi connectivity index (χ1n) is 12.7. The number of nitrogens with zero attached hydrogens (tertiary/aromatic N) is 3. The first kappa shape index (κ1) is 26.8. The second kappa shape index (κ2) is 11.5. The van der Waals surface area contributed by atoms with Gasteiger partial charge in [-0.2, -0.15) is 0 Å². The topological polar surface area (TPSA) is 77.0 Å². The number of allylic oxidation sites excluding steroid dienone is 1. The summed E-state index contributed by atoms with van der Waals surface area (Å²) < 4.78 is 13.8. The number of carbonyl (C=O) groups is 1. The van der Waals surface area contributed by atoms with E-state index in [-0.39, 0.29) is 11.5 Å². The zero-order valence-corrected chi connectivity index (χ0v) is 23.8. The van der Waals surface area contributed by atoms with Gasteiger partial charge in [0.2, 0.25) is 0 Å². The van der Waals surface area contributed by atoms with Gasteiger partial charge in [-0.15, -0.1) is 0 Å². The van der Waals surface area contributed by atoms with Crippen molar-refractivity contribution < 1.29 is 13.9 Å². The Morgan fingerprint density at radius 3 is 2.54 bits per heavy atom. The standard InChI is InChI=1S/C30H29N3O4S2/c1-5-32(6-2)29(35)26-19(3)31-30-33(27(26)22-14-10-11-15-23(22)36-4)28(34)24(39-30)18-20-16-17-25(37-20)38-21-12-8-7-9-13-21/h7-18,27H,5-6H2,1-4H3/b24-18+/t27-/m0/s1. The fourth-order valence-electron chi connectivity index (χ4n) is 4.66. The maximum Gasteiger partial charge on any atom is 0.271 e. The van der Waals surface area contributed by atoms with Crippen molar-refractivity contribution >= 4 is 35.1 Å². The van der Waals surface area contributed by atoms with Gasteiger partial charge in [0.25, 0.3) is 11.5 Å². The number of hydrogen-bond acceptors (Lipinski definition) is 7. The summed E-state index contributed by atoms with van der Waals surface area (Å²) in [7, 11) is 1.59. The summed E-state index contributed by atoms with van der Waals surface area (Å²) in [5.41, 5.74) is 1.56. The molecule has 5 rings (SSSR count). The van der Waals surface area contributed by atoms with Crippen LogP contribution in [0.25, 0.3) is 6.08 Å². The molecule has 0 bridgehead atoms. The minimum Gasteiger partial charge on any atom is -0.496 e. The maximum atomic E-state index is 13.9. The van der Waals surface area contributed by atoms with Crippen molar-refractivity contribution in [1.82, 2.24) is 9.47 Å². The molecule has 0 saturated heterocycles. The number of thiazole rings is 1. The van der Waals surface area contributed by atoms with Crippen molar-refractivity contribution in [2.75, 3.05) is 20.2 Å². The number of likely N-dealkylation sites (N-methyl/N-ethyl adjacent to an activating group) is 1. The highest BCUT2D eigenvalue weighted by atomic mass is 32.2. The zero-order valence-electron chi connectivity index (χ0n) is 22.2. The second-order valence-corrected chi connectivity index (χ2v) is 11.0. The SMILES string of the molecule is CCN(CC)C(=O)C1=C(C)N=c2s/c(=C/c3ccc(Sc4ccccc4)o3)c(=O)n2[C@H]1c1ccccc1OC. The number of amides is 1. The van der Waals surface area contributed by atoms with E-state index in [1.165, 1.54) is 23.1 Å². The van der Waals surface area contributed by atoms with Gasteiger partial charge < -0.3 is 14.1 Å². The molecular formula is C30H29N3O4S2. The van der Waals surface area contributed by atoms with Crippen molar-refractivity contribution in [2.45, 2.75) is 36.8 Å². The van der Waals surface area contributed by atoms with E-state index in [0.717, 1.165) is 15.6 Å². The third kappa shape index (κ3) is 5.24. The van der Waals surface area contributed by atoms with Crippen molar-refractivity contribution in [3.63, 3.8) is 0 Å². The van der Waals surface area contributed by atoms with E-state index in [1.807, 2.05) is 87.5 Å². The van der Waals surface area contributed by atoms with E-state index in [4.69, 9.17) is 14.1 Å². The second-order valence-electron chi connectivity index (χ2n) is 8.87. The Bertz CT molecular complexity index is 1710. The third-order valence-corrected chi connectivity index (χ3v) is 8.48. The van der Waals surface area contributed by atoms with Gasteiger partial charge in [0, 0.05) is 29.6 Å². The molecule has 3 heterocycles. The molecular weight excluding hydrogens is 530 g/mol. The summed E-state index contributed by atoms with van der Waals surface area (Å²) in [6, 6.07) is 20.5. The van der Waals surface area contributed by atoms with Crippen LogP contribution in [0.4, 0.5) is 0 Å². The van der Waals surface area contributed by atoms with E-state index in [9.17, 15) is 9.59 Å². The Morgan fingerprint density at radius 2 is 1.82 bits per heavy atom. The van der Waals surface area contributed by atoms with E-state index in [1.54, 1.807) is 22.7 Å². The van der Waals surface area contributed by atoms with Crippen LogP contribution in [-0.4, -0.2) is 35.6 Å². The molecule has 1 amide bonds. The molecule has 0 aliphatic carbocycles. The van der Waals surface area contributed by atoms with Gasteiger partial charge in [-0.1, -0.05) is 59.5 Å². The lowest BCUT2D eigenvalue weighted by Crippen LogP contribution is -2.43. The van der Waals surface area contributed by atoms with E-state index in [2.05, 4.69) is 0 Å². The van der Waals surface area contributed by atoms with Crippen LogP contribution in [0, 0.1) is 0 Å². The molecule has 1 aliphatic heterocycles. The molecule has 0 fully saturated rings. The van der Waals surface area contributed by atoms with Gasteiger partial charge in [0.05, 0.1) is 22.9 Å². The third-order valence-electron chi connectivity index (χ3n) is 6.57. The Kier molecular flexibility index (Phi) is 7.90. The molecule has 200 valence electrons. The number of fused-ring (bicyclic) bond motifs is 1. The Morgan fingerprint density at radius 1 is 1.10 bits per heavy atom. The number of carbonyl (C=O) groups excluding carboxylic acids is 1. The van der Waals surface area contributed by atoms with Crippen LogP contribution in [0.3, 0.4) is 0 Å². The molecule has 1 aliphatic rings. The van der Waals surface area contributed by atoms with Gasteiger partial charge >= 0.3 is 0 Å². The largest absolute Gasteiger partial charge is 0.496 e. The predicted molar refractivity (Wildman–Crippen MR) is 154 cm³/mol. The molecule has 0 saturated carbocycles. The van der Waals surface area contributed by atoms with Crippen LogP contribution in [0.1, 0.15) is 38.1 Å². The number of aromatic nitrogens is 1. The molecule has 39 heavy (non-hydrogen) atoms. The molecule has 0 N–H and O–H groups in total. The first-order valence-corrected chi connectivity index (χ1v) is 14.4. The summed E-state index contributed by atoms with van der Waals surface area (Å²) in [5.74, 6) is 1.04. The van der Waals surface area contributed by atoms with Crippen LogP contribution in [0.15, 0.2) is 102 Å². The molecule has 7 nitrogen and oxygen atoms in total. The minimum absolute atomic E-state index is 0.139. The summed E-state index contributed by atoms with van der Waals surface area (Å²) in [5, 5.41) is 0.732.